The highest BCUT2D eigenvalue weighted by Crippen LogP contribution is 2.29. The minimum absolute atomic E-state index is 0.0549. The zero-order chi connectivity index (χ0) is 22.0. The number of hydrogen-bond donors (Lipinski definition) is 1. The van der Waals surface area contributed by atoms with Crippen molar-refractivity contribution in [2.24, 2.45) is 0 Å². The van der Waals surface area contributed by atoms with Crippen LogP contribution in [-0.2, 0) is 17.9 Å². The Morgan fingerprint density at radius 2 is 2.10 bits per heavy atom. The van der Waals surface area contributed by atoms with Gasteiger partial charge in [-0.05, 0) is 25.5 Å². The van der Waals surface area contributed by atoms with E-state index >= 15 is 0 Å². The second-order valence-corrected chi connectivity index (χ2v) is 7.77. The minimum Gasteiger partial charge on any atom is -0.618 e. The third kappa shape index (κ3) is 4.23. The summed E-state index contributed by atoms with van der Waals surface area (Å²) in [5.41, 5.74) is 2.10. The maximum Gasteiger partial charge on any atom is 0.407 e. The van der Waals surface area contributed by atoms with Crippen molar-refractivity contribution in [1.82, 2.24) is 14.5 Å². The van der Waals surface area contributed by atoms with Gasteiger partial charge >= 0.3 is 6.09 Å². The number of carbonyl (C=O) groups is 1. The van der Waals surface area contributed by atoms with Gasteiger partial charge in [0.05, 0.1) is 10.9 Å². The van der Waals surface area contributed by atoms with E-state index in [-0.39, 0.29) is 6.10 Å². The van der Waals surface area contributed by atoms with Crippen molar-refractivity contribution in [2.75, 3.05) is 19.7 Å². The lowest BCUT2D eigenvalue weighted by molar-refractivity contribution is -0.575. The van der Waals surface area contributed by atoms with Crippen LogP contribution in [0.2, 0.25) is 0 Å². The lowest BCUT2D eigenvalue weighted by atomic mass is 10.1. The molecule has 1 N–H and O–H groups in total. The average Bonchev–Trinajstić information content (AvgIpc) is 3.10. The summed E-state index contributed by atoms with van der Waals surface area (Å²) in [6.45, 7) is 6.73. The molecule has 9 nitrogen and oxygen atoms in total. The topological polar surface area (TPSA) is 104 Å². The molecular formula is C22H28N4O5. The second-order valence-electron chi connectivity index (χ2n) is 7.77. The highest BCUT2D eigenvalue weighted by atomic mass is 16.5. The lowest BCUT2D eigenvalue weighted by Gasteiger charge is -2.30. The lowest BCUT2D eigenvalue weighted by Crippen LogP contribution is -2.41. The molecule has 0 unspecified atom stereocenters. The van der Waals surface area contributed by atoms with E-state index in [9.17, 15) is 10.0 Å². The molecule has 2 aromatic heterocycles. The van der Waals surface area contributed by atoms with Crippen molar-refractivity contribution in [2.45, 2.75) is 52.4 Å². The number of fused-ring (bicyclic) bond motifs is 3. The van der Waals surface area contributed by atoms with Gasteiger partial charge in [0.15, 0.2) is 5.52 Å². The Morgan fingerprint density at radius 3 is 2.77 bits per heavy atom. The van der Waals surface area contributed by atoms with E-state index in [1.165, 1.54) is 11.1 Å². The number of aryl methyl sites for hydroxylation is 1. The van der Waals surface area contributed by atoms with Crippen molar-refractivity contribution in [3.05, 3.63) is 35.4 Å². The summed E-state index contributed by atoms with van der Waals surface area (Å²) in [5, 5.41) is 22.5. The molecule has 0 atom stereocenters. The molecule has 1 aliphatic rings. The second kappa shape index (κ2) is 8.97. The summed E-state index contributed by atoms with van der Waals surface area (Å²) >= 11 is 0. The Labute approximate surface area is 180 Å². The van der Waals surface area contributed by atoms with E-state index < -0.39 is 6.09 Å². The molecule has 4 rings (SSSR count). The van der Waals surface area contributed by atoms with Gasteiger partial charge in [-0.15, -0.1) is 0 Å². The first-order valence-corrected chi connectivity index (χ1v) is 10.8. The van der Waals surface area contributed by atoms with E-state index in [1.807, 2.05) is 13.0 Å². The fourth-order valence-electron chi connectivity index (χ4n) is 4.17. The molecule has 0 bridgehead atoms. The van der Waals surface area contributed by atoms with Gasteiger partial charge in [0.2, 0.25) is 11.7 Å². The summed E-state index contributed by atoms with van der Waals surface area (Å²) in [6, 6.07) is 5.47. The third-order valence-corrected chi connectivity index (χ3v) is 5.67. The molecule has 0 aliphatic carbocycles. The van der Waals surface area contributed by atoms with E-state index in [1.54, 1.807) is 12.1 Å². The molecule has 0 saturated carbocycles. The fraction of sp³-hybridized carbons (Fsp3) is 0.500. The van der Waals surface area contributed by atoms with Gasteiger partial charge in [-0.25, -0.2) is 9.78 Å². The zero-order valence-electron chi connectivity index (χ0n) is 17.9. The van der Waals surface area contributed by atoms with Crippen LogP contribution in [0.3, 0.4) is 0 Å². The Bertz CT molecular complexity index is 1090. The first-order valence-electron chi connectivity index (χ1n) is 10.8. The summed E-state index contributed by atoms with van der Waals surface area (Å²) in [6.07, 6.45) is 2.78. The van der Waals surface area contributed by atoms with Crippen LogP contribution in [0.5, 0.6) is 5.75 Å². The van der Waals surface area contributed by atoms with E-state index in [0.717, 1.165) is 34.4 Å². The largest absolute Gasteiger partial charge is 0.618 e. The highest BCUT2D eigenvalue weighted by molar-refractivity contribution is 6.01. The van der Waals surface area contributed by atoms with E-state index in [2.05, 4.69) is 16.5 Å². The van der Waals surface area contributed by atoms with Crippen molar-refractivity contribution in [3.63, 3.8) is 0 Å². The van der Waals surface area contributed by atoms with Gasteiger partial charge in [0, 0.05) is 45.1 Å². The van der Waals surface area contributed by atoms with Crippen LogP contribution in [-0.4, -0.2) is 51.5 Å². The monoisotopic (exact) mass is 428 g/mol. The van der Waals surface area contributed by atoms with Gasteiger partial charge < -0.3 is 29.3 Å². The number of carboxylic acid groups (broad SMARTS) is 1. The molecule has 9 heteroatoms. The molecule has 0 spiro atoms. The molecule has 3 aromatic rings. The number of likely N-dealkylation sites (tertiary alicyclic amines) is 1. The molecule has 3 heterocycles. The van der Waals surface area contributed by atoms with E-state index in [0.29, 0.717) is 55.9 Å². The predicted molar refractivity (Wildman–Crippen MR) is 115 cm³/mol. The molecule has 1 fully saturated rings. The Hall–Kier alpha value is -3.07. The number of pyridine rings is 1. The summed E-state index contributed by atoms with van der Waals surface area (Å²) in [4.78, 5) is 17.2. The van der Waals surface area contributed by atoms with Crippen LogP contribution >= 0.6 is 0 Å². The summed E-state index contributed by atoms with van der Waals surface area (Å²) in [7, 11) is 0. The number of ether oxygens (including phenoxy) is 2. The van der Waals surface area contributed by atoms with Crippen molar-refractivity contribution < 1.29 is 24.1 Å². The van der Waals surface area contributed by atoms with Gasteiger partial charge in [0.1, 0.15) is 24.3 Å². The van der Waals surface area contributed by atoms with Crippen molar-refractivity contribution >= 4 is 28.0 Å². The van der Waals surface area contributed by atoms with Gasteiger partial charge in [0.25, 0.3) is 0 Å². The first-order chi connectivity index (χ1) is 15.0. The smallest absolute Gasteiger partial charge is 0.407 e. The van der Waals surface area contributed by atoms with Crippen LogP contribution < -0.4 is 9.47 Å². The normalized spacial score (nSPS) is 15.1. The SMILES string of the molecule is CCCn1c(COCC)nc2c[n+]([O-])c3ccc(OC4CCN(C(=O)O)CC4)cc3c21. The zero-order valence-corrected chi connectivity index (χ0v) is 17.9. The fourth-order valence-corrected chi connectivity index (χ4v) is 4.17. The van der Waals surface area contributed by atoms with Crippen molar-refractivity contribution in [3.8, 4) is 5.75 Å². The number of amides is 1. The predicted octanol–water partition coefficient (Wildman–Crippen LogP) is 3.29. The first kappa shape index (κ1) is 21.2. The molecule has 1 aromatic carbocycles. The maximum atomic E-state index is 12.6. The number of hydrogen-bond acceptors (Lipinski definition) is 5. The molecule has 1 amide bonds. The Morgan fingerprint density at radius 1 is 1.32 bits per heavy atom. The quantitative estimate of drug-likeness (QED) is 0.457. The number of aromatic nitrogens is 3. The van der Waals surface area contributed by atoms with Crippen LogP contribution in [0.15, 0.2) is 24.4 Å². The molecule has 1 aliphatic heterocycles. The van der Waals surface area contributed by atoms with Gasteiger partial charge in [-0.3, -0.25) is 0 Å². The Balaban J connectivity index is 1.70. The van der Waals surface area contributed by atoms with Crippen LogP contribution in [0.25, 0.3) is 21.9 Å². The highest BCUT2D eigenvalue weighted by Gasteiger charge is 2.24. The van der Waals surface area contributed by atoms with Crippen LogP contribution in [0.1, 0.15) is 38.9 Å². The molecule has 1 saturated heterocycles. The van der Waals surface area contributed by atoms with Gasteiger partial charge in [-0.2, -0.15) is 4.73 Å². The molecule has 166 valence electrons. The number of piperidine rings is 1. The molecular weight excluding hydrogens is 400 g/mol. The minimum atomic E-state index is -0.890. The average molecular weight is 428 g/mol. The Kier molecular flexibility index (Phi) is 6.13. The number of imidazole rings is 1. The summed E-state index contributed by atoms with van der Waals surface area (Å²) < 4.78 is 14.7. The van der Waals surface area contributed by atoms with Crippen LogP contribution in [0.4, 0.5) is 4.79 Å². The van der Waals surface area contributed by atoms with Gasteiger partial charge in [-0.1, -0.05) is 6.92 Å². The summed E-state index contributed by atoms with van der Waals surface area (Å²) in [5.74, 6) is 1.47. The maximum absolute atomic E-state index is 12.6. The molecule has 0 radical (unpaired) electrons. The number of benzene rings is 1. The van der Waals surface area contributed by atoms with Crippen molar-refractivity contribution in [1.29, 1.82) is 0 Å². The molecule has 31 heavy (non-hydrogen) atoms. The number of rotatable bonds is 7. The van der Waals surface area contributed by atoms with Crippen LogP contribution in [0, 0.1) is 5.21 Å². The third-order valence-electron chi connectivity index (χ3n) is 5.67. The number of nitrogens with zero attached hydrogens (tertiary/aromatic N) is 4. The standard InChI is InChI=1S/C22H28N4O5/c1-3-9-25-20(14-30-4-2)23-18-13-26(29)19-6-5-16(12-17(19)21(18)25)31-15-7-10-24(11-8-15)22(27)28/h5-6,12-13,15H,3-4,7-11,14H2,1-2H3,(H,27,28). The van der Waals surface area contributed by atoms with E-state index in [4.69, 9.17) is 14.6 Å².